The summed E-state index contributed by atoms with van der Waals surface area (Å²) in [6.45, 7) is 4.91. The largest absolute Gasteiger partial charge is 0.339 e. The molecule has 0 bridgehead atoms. The van der Waals surface area contributed by atoms with Crippen LogP contribution < -0.4 is 5.32 Å². The van der Waals surface area contributed by atoms with Gasteiger partial charge in [-0.3, -0.25) is 14.4 Å². The van der Waals surface area contributed by atoms with E-state index in [9.17, 15) is 14.4 Å². The molecule has 3 amide bonds. The van der Waals surface area contributed by atoms with E-state index in [1.165, 1.54) is 6.08 Å². The van der Waals surface area contributed by atoms with Gasteiger partial charge in [0.05, 0.1) is 5.88 Å². The molecule has 0 saturated carbocycles. The van der Waals surface area contributed by atoms with Crippen molar-refractivity contribution in [3.8, 4) is 0 Å². The first kappa shape index (κ1) is 18.8. The molecule has 1 aromatic carbocycles. The molecule has 2 aliphatic heterocycles. The maximum atomic E-state index is 12.9. The maximum Gasteiger partial charge on any atom is 0.255 e. The summed E-state index contributed by atoms with van der Waals surface area (Å²) < 4.78 is 0. The molecule has 8 heteroatoms. The first-order chi connectivity index (χ1) is 12.6. The Morgan fingerprint density at radius 1 is 1.12 bits per heavy atom. The maximum absolute atomic E-state index is 12.9. The van der Waals surface area contributed by atoms with Crippen LogP contribution >= 0.6 is 23.5 Å². The minimum atomic E-state index is -0.393. The zero-order chi connectivity index (χ0) is 18.5. The third-order valence-corrected chi connectivity index (χ3v) is 6.29. The summed E-state index contributed by atoms with van der Waals surface area (Å²) in [6.07, 6.45) is 1.19. The fourth-order valence-corrected chi connectivity index (χ4v) is 4.95. The van der Waals surface area contributed by atoms with Gasteiger partial charge in [-0.05, 0) is 30.3 Å². The lowest BCUT2D eigenvalue weighted by Gasteiger charge is -2.32. The summed E-state index contributed by atoms with van der Waals surface area (Å²) in [5, 5.41) is 2.65. The lowest BCUT2D eigenvalue weighted by molar-refractivity contribution is -0.134. The molecule has 2 saturated heterocycles. The van der Waals surface area contributed by atoms with Crippen LogP contribution in [0.2, 0.25) is 0 Å². The van der Waals surface area contributed by atoms with Gasteiger partial charge < -0.3 is 15.1 Å². The predicted octanol–water partition coefficient (Wildman–Crippen LogP) is 1.90. The molecule has 0 radical (unpaired) electrons. The highest BCUT2D eigenvalue weighted by Crippen LogP contribution is 2.26. The molecule has 138 valence electrons. The van der Waals surface area contributed by atoms with Crippen molar-refractivity contribution in [3.63, 3.8) is 0 Å². The van der Waals surface area contributed by atoms with Crippen LogP contribution in [0.15, 0.2) is 36.9 Å². The van der Waals surface area contributed by atoms with E-state index < -0.39 is 6.04 Å². The monoisotopic (exact) mass is 391 g/mol. The molecule has 1 unspecified atom stereocenters. The van der Waals surface area contributed by atoms with Crippen molar-refractivity contribution in [2.75, 3.05) is 41.5 Å². The third kappa shape index (κ3) is 4.24. The first-order valence-corrected chi connectivity index (χ1v) is 10.7. The van der Waals surface area contributed by atoms with Crippen molar-refractivity contribution in [2.45, 2.75) is 6.04 Å². The van der Waals surface area contributed by atoms with Gasteiger partial charge >= 0.3 is 0 Å². The fraction of sp³-hybridized carbons (Fsp3) is 0.389. The molecule has 6 nitrogen and oxygen atoms in total. The van der Waals surface area contributed by atoms with Gasteiger partial charge in [0.1, 0.15) is 6.04 Å². The van der Waals surface area contributed by atoms with E-state index in [-0.39, 0.29) is 17.7 Å². The normalized spacial score (nSPS) is 19.9. The topological polar surface area (TPSA) is 69.7 Å². The molecule has 3 rings (SSSR count). The number of amides is 3. The number of nitrogens with zero attached hydrogens (tertiary/aromatic N) is 2. The van der Waals surface area contributed by atoms with Crippen LogP contribution in [0.5, 0.6) is 0 Å². The van der Waals surface area contributed by atoms with Crippen LogP contribution in [-0.4, -0.2) is 69.8 Å². The summed E-state index contributed by atoms with van der Waals surface area (Å²) >= 11 is 3.46. The zero-order valence-corrected chi connectivity index (χ0v) is 16.0. The summed E-state index contributed by atoms with van der Waals surface area (Å²) in [7, 11) is 0. The molecule has 0 aliphatic carbocycles. The highest BCUT2D eigenvalue weighted by Gasteiger charge is 2.37. The van der Waals surface area contributed by atoms with Crippen LogP contribution in [0.4, 0.5) is 5.69 Å². The standard InChI is InChI=1S/C18H21N3O3S2/c1-2-16(22)19-14-5-3-13(4-6-14)17(23)21-12-26-11-15(21)18(24)20-7-9-25-10-8-20/h2-6,15H,1,7-12H2,(H,19,22). The second-order valence-electron chi connectivity index (χ2n) is 6.00. The number of nitrogens with one attached hydrogen (secondary N) is 1. The van der Waals surface area contributed by atoms with E-state index in [4.69, 9.17) is 0 Å². The number of carbonyl (C=O) groups is 3. The third-order valence-electron chi connectivity index (χ3n) is 4.34. The molecule has 2 fully saturated rings. The van der Waals surface area contributed by atoms with Crippen molar-refractivity contribution in [1.82, 2.24) is 9.80 Å². The van der Waals surface area contributed by atoms with Gasteiger partial charge in [-0.15, -0.1) is 11.8 Å². The number of thioether (sulfide) groups is 2. The Morgan fingerprint density at radius 2 is 1.81 bits per heavy atom. The van der Waals surface area contributed by atoms with Crippen molar-refractivity contribution in [2.24, 2.45) is 0 Å². The predicted molar refractivity (Wildman–Crippen MR) is 106 cm³/mol. The highest BCUT2D eigenvalue weighted by atomic mass is 32.2. The quantitative estimate of drug-likeness (QED) is 0.794. The van der Waals surface area contributed by atoms with E-state index >= 15 is 0 Å². The van der Waals surface area contributed by atoms with E-state index in [0.29, 0.717) is 22.9 Å². The van der Waals surface area contributed by atoms with Crippen molar-refractivity contribution in [1.29, 1.82) is 0 Å². The average molecular weight is 392 g/mol. The Labute approximate surface area is 161 Å². The Hall–Kier alpha value is -1.93. The second-order valence-corrected chi connectivity index (χ2v) is 8.22. The Morgan fingerprint density at radius 3 is 2.46 bits per heavy atom. The number of rotatable bonds is 4. The van der Waals surface area contributed by atoms with Gasteiger partial charge in [-0.2, -0.15) is 11.8 Å². The minimum Gasteiger partial charge on any atom is -0.339 e. The summed E-state index contributed by atoms with van der Waals surface area (Å²) in [4.78, 5) is 40.5. The molecule has 1 aromatic rings. The average Bonchev–Trinajstić information content (AvgIpc) is 3.17. The lowest BCUT2D eigenvalue weighted by atomic mass is 10.1. The van der Waals surface area contributed by atoms with Crippen molar-refractivity contribution in [3.05, 3.63) is 42.5 Å². The van der Waals surface area contributed by atoms with Gasteiger partial charge in [0.2, 0.25) is 11.8 Å². The number of hydrogen-bond donors (Lipinski definition) is 1. The minimum absolute atomic E-state index is 0.0542. The summed E-state index contributed by atoms with van der Waals surface area (Å²) in [5.41, 5.74) is 1.11. The number of hydrogen-bond acceptors (Lipinski definition) is 5. The van der Waals surface area contributed by atoms with Crippen molar-refractivity contribution >= 4 is 46.9 Å². The van der Waals surface area contributed by atoms with E-state index in [1.54, 1.807) is 40.9 Å². The van der Waals surface area contributed by atoms with Gasteiger partial charge in [-0.1, -0.05) is 6.58 Å². The highest BCUT2D eigenvalue weighted by molar-refractivity contribution is 7.99. The Balaban J connectivity index is 1.68. The van der Waals surface area contributed by atoms with E-state index in [0.717, 1.165) is 24.6 Å². The fourth-order valence-electron chi connectivity index (χ4n) is 2.90. The lowest BCUT2D eigenvalue weighted by Crippen LogP contribution is -2.51. The van der Waals surface area contributed by atoms with E-state index in [1.807, 2.05) is 16.7 Å². The second kappa shape index (κ2) is 8.64. The molecular weight excluding hydrogens is 370 g/mol. The molecule has 0 spiro atoms. The molecule has 0 aromatic heterocycles. The molecule has 2 heterocycles. The van der Waals surface area contributed by atoms with Gasteiger partial charge in [0.25, 0.3) is 5.91 Å². The molecular formula is C18H21N3O3S2. The van der Waals surface area contributed by atoms with Gasteiger partial charge in [0, 0.05) is 41.6 Å². The van der Waals surface area contributed by atoms with E-state index in [2.05, 4.69) is 11.9 Å². The van der Waals surface area contributed by atoms with Crippen LogP contribution in [0, 0.1) is 0 Å². The van der Waals surface area contributed by atoms with Crippen LogP contribution in [0.25, 0.3) is 0 Å². The SMILES string of the molecule is C=CC(=O)Nc1ccc(C(=O)N2CSCC2C(=O)N2CCSCC2)cc1. The number of carbonyl (C=O) groups excluding carboxylic acids is 3. The van der Waals surface area contributed by atoms with Crippen LogP contribution in [0.3, 0.4) is 0 Å². The molecule has 26 heavy (non-hydrogen) atoms. The number of benzene rings is 1. The van der Waals surface area contributed by atoms with Crippen LogP contribution in [-0.2, 0) is 9.59 Å². The molecule has 1 N–H and O–H groups in total. The smallest absolute Gasteiger partial charge is 0.255 e. The van der Waals surface area contributed by atoms with Gasteiger partial charge in [-0.25, -0.2) is 0 Å². The molecule has 1 atom stereocenters. The number of anilines is 1. The Kier molecular flexibility index (Phi) is 6.26. The Bertz CT molecular complexity index is 702. The molecule has 2 aliphatic rings. The first-order valence-electron chi connectivity index (χ1n) is 8.39. The summed E-state index contributed by atoms with van der Waals surface area (Å²) in [5.74, 6) is 2.67. The van der Waals surface area contributed by atoms with Gasteiger partial charge in [0.15, 0.2) is 0 Å². The zero-order valence-electron chi connectivity index (χ0n) is 14.3. The van der Waals surface area contributed by atoms with Crippen LogP contribution in [0.1, 0.15) is 10.4 Å². The van der Waals surface area contributed by atoms with Crippen molar-refractivity contribution < 1.29 is 14.4 Å². The summed E-state index contributed by atoms with van der Waals surface area (Å²) in [6, 6.07) is 6.30.